The summed E-state index contributed by atoms with van der Waals surface area (Å²) in [4.78, 5) is 18.6. The molecule has 0 bridgehead atoms. The minimum Gasteiger partial charge on any atom is -0.319 e. The Kier molecular flexibility index (Phi) is 5.48. The molecule has 3 aromatic rings. The first kappa shape index (κ1) is 18.0. The summed E-state index contributed by atoms with van der Waals surface area (Å²) < 4.78 is 16.0. The Morgan fingerprint density at radius 3 is 2.52 bits per heavy atom. The van der Waals surface area contributed by atoms with E-state index in [2.05, 4.69) is 34.5 Å². The molecule has 0 fully saturated rings. The summed E-state index contributed by atoms with van der Waals surface area (Å²) in [5, 5.41) is 0. The molecule has 0 spiro atoms. The Labute approximate surface area is 163 Å². The van der Waals surface area contributed by atoms with Crippen LogP contribution in [0.15, 0.2) is 53.5 Å². The highest BCUT2D eigenvalue weighted by molar-refractivity contribution is 14.1. The molecule has 3 rings (SSSR count). The molecule has 0 saturated heterocycles. The fraction of sp³-hybridized carbons (Fsp3) is 0.158. The number of amides is 1. The molecule has 0 unspecified atom stereocenters. The molecule has 0 radical (unpaired) electrons. The summed E-state index contributed by atoms with van der Waals surface area (Å²) in [5.74, 6) is -0.520. The third kappa shape index (κ3) is 3.74. The molecule has 0 saturated carbocycles. The predicted octanol–water partition coefficient (Wildman–Crippen LogP) is 4.80. The number of rotatable bonds is 3. The van der Waals surface area contributed by atoms with Crippen molar-refractivity contribution in [3.05, 3.63) is 73.2 Å². The fourth-order valence-electron chi connectivity index (χ4n) is 2.59. The first-order valence-electron chi connectivity index (χ1n) is 7.79. The van der Waals surface area contributed by atoms with Crippen molar-refractivity contribution in [2.45, 2.75) is 13.3 Å². The van der Waals surface area contributed by atoms with Crippen LogP contribution in [0.2, 0.25) is 0 Å². The highest BCUT2D eigenvalue weighted by Gasteiger charge is 2.14. The molecule has 0 atom stereocenters. The van der Waals surface area contributed by atoms with Crippen LogP contribution in [0.3, 0.4) is 0 Å². The van der Waals surface area contributed by atoms with Crippen molar-refractivity contribution in [3.63, 3.8) is 0 Å². The maximum Gasteiger partial charge on any atom is 0.280 e. The Morgan fingerprint density at radius 1 is 1.20 bits per heavy atom. The van der Waals surface area contributed by atoms with Gasteiger partial charge in [0.1, 0.15) is 5.82 Å². The summed E-state index contributed by atoms with van der Waals surface area (Å²) in [7, 11) is 1.89. The Morgan fingerprint density at radius 2 is 1.88 bits per heavy atom. The van der Waals surface area contributed by atoms with E-state index in [1.807, 2.05) is 29.8 Å². The largest absolute Gasteiger partial charge is 0.319 e. The van der Waals surface area contributed by atoms with Crippen LogP contribution in [0.1, 0.15) is 22.2 Å². The van der Waals surface area contributed by atoms with Gasteiger partial charge in [0.05, 0.1) is 11.3 Å². The summed E-state index contributed by atoms with van der Waals surface area (Å²) >= 11 is 3.63. The zero-order chi connectivity index (χ0) is 18.0. The molecule has 0 aliphatic rings. The topological polar surface area (TPSA) is 34.4 Å². The van der Waals surface area contributed by atoms with E-state index in [1.54, 1.807) is 18.2 Å². The normalized spacial score (nSPS) is 11.8. The van der Waals surface area contributed by atoms with Gasteiger partial charge in [0, 0.05) is 15.5 Å². The van der Waals surface area contributed by atoms with Crippen LogP contribution in [0.4, 0.5) is 4.39 Å². The lowest BCUT2D eigenvalue weighted by atomic mass is 10.1. The number of aromatic nitrogens is 1. The van der Waals surface area contributed by atoms with E-state index in [0.29, 0.717) is 10.4 Å². The number of halogens is 2. The van der Waals surface area contributed by atoms with Gasteiger partial charge >= 0.3 is 0 Å². The van der Waals surface area contributed by atoms with Crippen molar-refractivity contribution >= 4 is 39.8 Å². The second-order valence-electron chi connectivity index (χ2n) is 5.47. The molecular formula is C19H16FIN2OS. The molecular weight excluding hydrogens is 450 g/mol. The SMILES string of the molecule is CCc1sc(=NC(=O)c2ccccc2I)n(C)c1-c1ccc(F)cc1. The van der Waals surface area contributed by atoms with E-state index < -0.39 is 0 Å². The van der Waals surface area contributed by atoms with Gasteiger partial charge in [-0.15, -0.1) is 11.3 Å². The van der Waals surface area contributed by atoms with E-state index in [1.165, 1.54) is 23.5 Å². The van der Waals surface area contributed by atoms with Crippen LogP contribution in [0.5, 0.6) is 0 Å². The van der Waals surface area contributed by atoms with Crippen molar-refractivity contribution in [2.75, 3.05) is 0 Å². The average Bonchev–Trinajstić information content (AvgIpc) is 2.92. The number of nitrogens with zero attached hydrogens (tertiary/aromatic N) is 2. The quantitative estimate of drug-likeness (QED) is 0.511. The van der Waals surface area contributed by atoms with E-state index >= 15 is 0 Å². The number of hydrogen-bond acceptors (Lipinski definition) is 2. The van der Waals surface area contributed by atoms with Gasteiger partial charge < -0.3 is 4.57 Å². The van der Waals surface area contributed by atoms with E-state index in [-0.39, 0.29) is 11.7 Å². The minimum atomic E-state index is -0.265. The molecule has 1 heterocycles. The first-order chi connectivity index (χ1) is 12.0. The number of benzene rings is 2. The van der Waals surface area contributed by atoms with Gasteiger partial charge in [0.25, 0.3) is 5.91 Å². The first-order valence-corrected chi connectivity index (χ1v) is 9.69. The van der Waals surface area contributed by atoms with Crippen LogP contribution in [-0.4, -0.2) is 10.5 Å². The summed E-state index contributed by atoms with van der Waals surface area (Å²) in [6.07, 6.45) is 0.817. The molecule has 128 valence electrons. The van der Waals surface area contributed by atoms with Gasteiger partial charge in [0.2, 0.25) is 0 Å². The molecule has 3 nitrogen and oxygen atoms in total. The zero-order valence-corrected chi connectivity index (χ0v) is 16.8. The van der Waals surface area contributed by atoms with Gasteiger partial charge in [-0.1, -0.05) is 19.1 Å². The number of carbonyl (C=O) groups is 1. The van der Waals surface area contributed by atoms with Gasteiger partial charge in [-0.25, -0.2) is 4.39 Å². The third-order valence-corrected chi connectivity index (χ3v) is 6.06. The lowest BCUT2D eigenvalue weighted by Crippen LogP contribution is -2.14. The van der Waals surface area contributed by atoms with Gasteiger partial charge in [-0.3, -0.25) is 4.79 Å². The van der Waals surface area contributed by atoms with Crippen LogP contribution in [0.25, 0.3) is 11.3 Å². The van der Waals surface area contributed by atoms with E-state index in [0.717, 1.165) is 26.1 Å². The molecule has 25 heavy (non-hydrogen) atoms. The Hall–Kier alpha value is -1.80. The van der Waals surface area contributed by atoms with Crippen molar-refractivity contribution < 1.29 is 9.18 Å². The molecule has 1 aromatic heterocycles. The second-order valence-corrected chi connectivity index (χ2v) is 7.70. The molecule has 1 amide bonds. The monoisotopic (exact) mass is 466 g/mol. The maximum atomic E-state index is 13.2. The smallest absolute Gasteiger partial charge is 0.280 e. The lowest BCUT2D eigenvalue weighted by Gasteiger charge is -2.05. The Bertz CT molecular complexity index is 989. The summed E-state index contributed by atoms with van der Waals surface area (Å²) in [6.45, 7) is 2.06. The number of thiazole rings is 1. The van der Waals surface area contributed by atoms with Gasteiger partial charge in [-0.2, -0.15) is 4.99 Å². The number of hydrogen-bond donors (Lipinski definition) is 0. The Balaban J connectivity index is 2.11. The zero-order valence-electron chi connectivity index (χ0n) is 13.8. The molecule has 0 N–H and O–H groups in total. The van der Waals surface area contributed by atoms with Gasteiger partial charge in [0.15, 0.2) is 4.80 Å². The van der Waals surface area contributed by atoms with Crippen molar-refractivity contribution in [1.29, 1.82) is 0 Å². The van der Waals surface area contributed by atoms with E-state index in [9.17, 15) is 9.18 Å². The molecule has 0 aliphatic carbocycles. The molecule has 2 aromatic carbocycles. The number of carbonyl (C=O) groups excluding carboxylic acids is 1. The van der Waals surface area contributed by atoms with Crippen LogP contribution in [-0.2, 0) is 13.5 Å². The van der Waals surface area contributed by atoms with Crippen molar-refractivity contribution in [3.8, 4) is 11.3 Å². The summed E-state index contributed by atoms with van der Waals surface area (Å²) in [5.41, 5.74) is 2.49. The summed E-state index contributed by atoms with van der Waals surface area (Å²) in [6, 6.07) is 13.8. The fourth-order valence-corrected chi connectivity index (χ4v) is 4.28. The van der Waals surface area contributed by atoms with Gasteiger partial charge in [-0.05, 0) is 71.0 Å². The van der Waals surface area contributed by atoms with Crippen LogP contribution < -0.4 is 4.80 Å². The second kappa shape index (κ2) is 7.61. The highest BCUT2D eigenvalue weighted by Crippen LogP contribution is 2.26. The lowest BCUT2D eigenvalue weighted by molar-refractivity contribution is 0.0997. The van der Waals surface area contributed by atoms with Crippen LogP contribution >= 0.6 is 33.9 Å². The highest BCUT2D eigenvalue weighted by atomic mass is 127. The van der Waals surface area contributed by atoms with Crippen molar-refractivity contribution in [2.24, 2.45) is 12.0 Å². The minimum absolute atomic E-state index is 0.254. The number of aryl methyl sites for hydroxylation is 1. The van der Waals surface area contributed by atoms with Crippen LogP contribution in [0, 0.1) is 9.39 Å². The molecule has 6 heteroatoms. The van der Waals surface area contributed by atoms with Crippen molar-refractivity contribution in [1.82, 2.24) is 4.57 Å². The standard InChI is InChI=1S/C19H16FIN2OS/c1-3-16-17(12-8-10-13(20)11-9-12)23(2)19(25-16)22-18(24)14-6-4-5-7-15(14)21/h4-11H,3H2,1-2H3. The average molecular weight is 466 g/mol. The molecule has 0 aliphatic heterocycles. The third-order valence-electron chi connectivity index (χ3n) is 3.84. The van der Waals surface area contributed by atoms with E-state index in [4.69, 9.17) is 0 Å². The maximum absolute atomic E-state index is 13.2. The predicted molar refractivity (Wildman–Crippen MR) is 107 cm³/mol.